The van der Waals surface area contributed by atoms with Gasteiger partial charge in [-0.25, -0.2) is 9.78 Å². The molecule has 0 fully saturated rings. The number of hydrogen-bond donors (Lipinski definition) is 0. The molecule has 2 aliphatic heterocycles. The third-order valence-electron chi connectivity index (χ3n) is 3.43. The van der Waals surface area contributed by atoms with E-state index >= 15 is 0 Å². The van der Waals surface area contributed by atoms with E-state index in [2.05, 4.69) is 9.97 Å². The molecule has 0 bridgehead atoms. The Balaban J connectivity index is 2.62. The molecule has 0 unspecified atom stereocenters. The fourth-order valence-electron chi connectivity index (χ4n) is 2.34. The summed E-state index contributed by atoms with van der Waals surface area (Å²) in [6.07, 6.45) is 0. The number of aromatic nitrogens is 4. The Labute approximate surface area is 114 Å². The topological polar surface area (TPSA) is 69.8 Å². The van der Waals surface area contributed by atoms with Crippen molar-refractivity contribution in [2.75, 3.05) is 0 Å². The molecule has 6 nitrogen and oxygen atoms in total. The van der Waals surface area contributed by atoms with Gasteiger partial charge in [0, 0.05) is 13.6 Å². The first-order valence-corrected chi connectivity index (χ1v) is 6.41. The summed E-state index contributed by atoms with van der Waals surface area (Å²) in [5.74, 6) is 0.346. The molecular weight excluding hydrogens is 256 g/mol. The van der Waals surface area contributed by atoms with Gasteiger partial charge in [0.25, 0.3) is 5.56 Å². The van der Waals surface area contributed by atoms with Crippen LogP contribution < -0.4 is 11.2 Å². The van der Waals surface area contributed by atoms with Crippen molar-refractivity contribution in [2.24, 2.45) is 7.05 Å². The van der Waals surface area contributed by atoms with Gasteiger partial charge in [-0.15, -0.1) is 0 Å². The molecule has 1 aromatic rings. The molecule has 0 saturated carbocycles. The molecule has 102 valence electrons. The lowest BCUT2D eigenvalue weighted by Gasteiger charge is -2.15. The van der Waals surface area contributed by atoms with E-state index in [1.165, 1.54) is 7.05 Å². The van der Waals surface area contributed by atoms with Crippen LogP contribution in [0.2, 0.25) is 0 Å². The standard InChI is InChI=1S/C14H14N4O2/c1-4-18-10-7-8(2)5-6-9(10)15-11-12(18)16-14(20)17(3)13(11)19/h5-7H,4H2,1-3H3. The molecule has 0 aliphatic carbocycles. The minimum atomic E-state index is -0.557. The van der Waals surface area contributed by atoms with Crippen LogP contribution in [0.15, 0.2) is 27.8 Å². The van der Waals surface area contributed by atoms with Crippen molar-refractivity contribution < 1.29 is 0 Å². The third kappa shape index (κ3) is 1.65. The van der Waals surface area contributed by atoms with E-state index in [1.54, 1.807) is 0 Å². The van der Waals surface area contributed by atoms with Gasteiger partial charge in [0.05, 0.1) is 11.0 Å². The first-order valence-electron chi connectivity index (χ1n) is 6.41. The maximum atomic E-state index is 12.2. The van der Waals surface area contributed by atoms with Crippen LogP contribution in [0.3, 0.4) is 0 Å². The second-order valence-electron chi connectivity index (χ2n) is 4.78. The van der Waals surface area contributed by atoms with Crippen molar-refractivity contribution in [3.63, 3.8) is 0 Å². The Kier molecular flexibility index (Phi) is 2.67. The number of rotatable bonds is 1. The molecule has 20 heavy (non-hydrogen) atoms. The zero-order chi connectivity index (χ0) is 14.4. The third-order valence-corrected chi connectivity index (χ3v) is 3.43. The Hall–Kier alpha value is -2.50. The van der Waals surface area contributed by atoms with Crippen LogP contribution in [0, 0.1) is 6.92 Å². The summed E-state index contributed by atoms with van der Waals surface area (Å²) in [6, 6.07) is 5.80. The molecule has 0 radical (unpaired) electrons. The normalized spacial score (nSPS) is 11.3. The number of aryl methyl sites for hydroxylation is 2. The first kappa shape index (κ1) is 12.5. The maximum absolute atomic E-state index is 12.2. The molecule has 0 aromatic heterocycles. The van der Waals surface area contributed by atoms with E-state index in [0.717, 1.165) is 21.2 Å². The zero-order valence-electron chi connectivity index (χ0n) is 11.5. The predicted octanol–water partition coefficient (Wildman–Crippen LogP) is 0.923. The van der Waals surface area contributed by atoms with Gasteiger partial charge in [-0.05, 0) is 31.5 Å². The number of benzene rings is 1. The monoisotopic (exact) mass is 270 g/mol. The average Bonchev–Trinajstić information content (AvgIpc) is 2.43. The number of nitrogens with zero attached hydrogens (tertiary/aromatic N) is 4. The van der Waals surface area contributed by atoms with Gasteiger partial charge in [-0.2, -0.15) is 4.98 Å². The molecule has 0 amide bonds. The molecular formula is C14H14N4O2. The van der Waals surface area contributed by atoms with E-state index in [4.69, 9.17) is 0 Å². The van der Waals surface area contributed by atoms with Crippen molar-refractivity contribution >= 4 is 11.0 Å². The van der Waals surface area contributed by atoms with Gasteiger partial charge in [0.2, 0.25) is 0 Å². The molecule has 0 spiro atoms. The smallest absolute Gasteiger partial charge is 0.323 e. The number of hydrogen-bond acceptors (Lipinski definition) is 4. The highest BCUT2D eigenvalue weighted by atomic mass is 16.2. The first-order chi connectivity index (χ1) is 9.52. The van der Waals surface area contributed by atoms with Crippen LogP contribution in [0.25, 0.3) is 22.6 Å². The number of fused-ring (bicyclic) bond motifs is 2. The summed E-state index contributed by atoms with van der Waals surface area (Å²) in [5, 5.41) is 0. The second kappa shape index (κ2) is 4.26. The molecule has 2 heterocycles. The fourth-order valence-corrected chi connectivity index (χ4v) is 2.34. The lowest BCUT2D eigenvalue weighted by molar-refractivity contribution is 0.717. The fraction of sp³-hybridized carbons (Fsp3) is 0.286. The highest BCUT2D eigenvalue weighted by molar-refractivity contribution is 5.79. The average molecular weight is 270 g/mol. The van der Waals surface area contributed by atoms with E-state index in [-0.39, 0.29) is 5.69 Å². The summed E-state index contributed by atoms with van der Waals surface area (Å²) in [7, 11) is 1.41. The second-order valence-corrected chi connectivity index (χ2v) is 4.78. The van der Waals surface area contributed by atoms with Gasteiger partial charge in [0.15, 0.2) is 11.5 Å². The van der Waals surface area contributed by atoms with Crippen molar-refractivity contribution in [1.29, 1.82) is 0 Å². The predicted molar refractivity (Wildman–Crippen MR) is 76.1 cm³/mol. The summed E-state index contributed by atoms with van der Waals surface area (Å²) >= 11 is 0. The molecule has 6 heteroatoms. The van der Waals surface area contributed by atoms with Crippen LogP contribution in [0.4, 0.5) is 0 Å². The highest BCUT2D eigenvalue weighted by Crippen LogP contribution is 2.21. The minimum Gasteiger partial charge on any atom is -0.323 e. The van der Waals surface area contributed by atoms with Crippen molar-refractivity contribution in [3.8, 4) is 11.5 Å². The highest BCUT2D eigenvalue weighted by Gasteiger charge is 2.19. The lowest BCUT2D eigenvalue weighted by Crippen LogP contribution is -2.36. The molecule has 0 saturated heterocycles. The van der Waals surface area contributed by atoms with Crippen LogP contribution >= 0.6 is 0 Å². The Morgan fingerprint density at radius 2 is 1.95 bits per heavy atom. The summed E-state index contributed by atoms with van der Waals surface area (Å²) < 4.78 is 2.84. The largest absolute Gasteiger partial charge is 0.352 e. The van der Waals surface area contributed by atoms with Crippen molar-refractivity contribution in [1.82, 2.24) is 19.1 Å². The van der Waals surface area contributed by atoms with Gasteiger partial charge in [0.1, 0.15) is 0 Å². The SMILES string of the molecule is CCn1c2nc(=O)n(C)c(=O)c-2nc2ccc(C)cc21. The van der Waals surface area contributed by atoms with E-state index in [1.807, 2.05) is 36.6 Å². The Bertz CT molecular complexity index is 908. The summed E-state index contributed by atoms with van der Waals surface area (Å²) in [5.41, 5.74) is 1.95. The lowest BCUT2D eigenvalue weighted by atomic mass is 10.2. The zero-order valence-corrected chi connectivity index (χ0v) is 11.5. The Morgan fingerprint density at radius 1 is 1.20 bits per heavy atom. The molecule has 1 aromatic carbocycles. The van der Waals surface area contributed by atoms with Gasteiger partial charge in [-0.3, -0.25) is 9.36 Å². The molecule has 0 N–H and O–H groups in total. The van der Waals surface area contributed by atoms with Gasteiger partial charge >= 0.3 is 5.69 Å². The van der Waals surface area contributed by atoms with E-state index in [0.29, 0.717) is 12.4 Å². The van der Waals surface area contributed by atoms with E-state index in [9.17, 15) is 9.59 Å². The maximum Gasteiger partial charge on any atom is 0.352 e. The summed E-state index contributed by atoms with van der Waals surface area (Å²) in [6.45, 7) is 4.55. The van der Waals surface area contributed by atoms with Crippen LogP contribution in [0.1, 0.15) is 12.5 Å². The van der Waals surface area contributed by atoms with Crippen LogP contribution in [-0.4, -0.2) is 19.1 Å². The molecule has 3 rings (SSSR count). The van der Waals surface area contributed by atoms with E-state index < -0.39 is 11.2 Å². The van der Waals surface area contributed by atoms with Gasteiger partial charge in [-0.1, -0.05) is 6.07 Å². The quantitative estimate of drug-likeness (QED) is 0.617. The Morgan fingerprint density at radius 3 is 2.65 bits per heavy atom. The van der Waals surface area contributed by atoms with Crippen molar-refractivity contribution in [2.45, 2.75) is 20.4 Å². The van der Waals surface area contributed by atoms with Crippen LogP contribution in [0.5, 0.6) is 0 Å². The van der Waals surface area contributed by atoms with Gasteiger partial charge < -0.3 is 4.57 Å². The van der Waals surface area contributed by atoms with Crippen LogP contribution in [-0.2, 0) is 13.6 Å². The summed E-state index contributed by atoms with van der Waals surface area (Å²) in [4.78, 5) is 32.3. The van der Waals surface area contributed by atoms with Crippen molar-refractivity contribution in [3.05, 3.63) is 44.6 Å². The molecule has 2 aliphatic rings. The molecule has 0 atom stereocenters. The minimum absolute atomic E-state index is 0.227.